The molecule has 2 aromatic rings. The van der Waals surface area contributed by atoms with Gasteiger partial charge in [-0.2, -0.15) is 0 Å². The van der Waals surface area contributed by atoms with Crippen LogP contribution in [0.4, 0.5) is 11.4 Å². The van der Waals surface area contributed by atoms with Crippen LogP contribution in [0, 0.1) is 0 Å². The maximum Gasteiger partial charge on any atom is 0.335 e. The maximum atomic E-state index is 12.5. The maximum absolute atomic E-state index is 12.5. The number of nitrogens with zero attached hydrogens (tertiary/aromatic N) is 1. The summed E-state index contributed by atoms with van der Waals surface area (Å²) in [6, 6.07) is 11.8. The number of benzene rings is 2. The molecule has 24 heavy (non-hydrogen) atoms. The van der Waals surface area contributed by atoms with Crippen LogP contribution in [0.2, 0.25) is 5.02 Å². The average Bonchev–Trinajstić information content (AvgIpc) is 2.83. The number of anilines is 2. The fourth-order valence-electron chi connectivity index (χ4n) is 2.54. The largest absolute Gasteiger partial charge is 0.478 e. The minimum Gasteiger partial charge on any atom is -0.478 e. The molecule has 7 heteroatoms. The van der Waals surface area contributed by atoms with Gasteiger partial charge >= 0.3 is 5.97 Å². The van der Waals surface area contributed by atoms with E-state index in [-0.39, 0.29) is 23.6 Å². The molecule has 6 nitrogen and oxygen atoms in total. The Morgan fingerprint density at radius 3 is 2.54 bits per heavy atom. The molecule has 3 rings (SSSR count). The zero-order valence-corrected chi connectivity index (χ0v) is 13.2. The molecular weight excluding hydrogens is 332 g/mol. The fourth-order valence-corrected chi connectivity index (χ4v) is 2.67. The van der Waals surface area contributed by atoms with Crippen molar-refractivity contribution >= 4 is 40.8 Å². The van der Waals surface area contributed by atoms with Crippen molar-refractivity contribution in [3.05, 3.63) is 59.1 Å². The van der Waals surface area contributed by atoms with Gasteiger partial charge in [0.1, 0.15) is 6.04 Å². The lowest BCUT2D eigenvalue weighted by Gasteiger charge is -2.16. The molecule has 0 unspecified atom stereocenters. The Labute approximate surface area is 142 Å². The molecule has 1 aliphatic rings. The second-order valence-electron chi connectivity index (χ2n) is 5.33. The number of hydrogen-bond acceptors (Lipinski definition) is 4. The van der Waals surface area contributed by atoms with Crippen molar-refractivity contribution in [2.45, 2.75) is 12.5 Å². The summed E-state index contributed by atoms with van der Waals surface area (Å²) in [4.78, 5) is 36.8. The highest BCUT2D eigenvalue weighted by Crippen LogP contribution is 2.26. The molecule has 0 aliphatic carbocycles. The highest BCUT2D eigenvalue weighted by Gasteiger charge is 2.39. The van der Waals surface area contributed by atoms with Crippen LogP contribution in [0.5, 0.6) is 0 Å². The van der Waals surface area contributed by atoms with Crippen LogP contribution >= 0.6 is 11.6 Å². The van der Waals surface area contributed by atoms with Gasteiger partial charge in [0.15, 0.2) is 0 Å². The number of amides is 2. The van der Waals surface area contributed by atoms with E-state index in [1.165, 1.54) is 24.3 Å². The number of carbonyl (C=O) groups excluding carboxylic acids is 2. The van der Waals surface area contributed by atoms with Gasteiger partial charge in [-0.05, 0) is 42.5 Å². The first kappa shape index (κ1) is 16.0. The number of carboxylic acids is 1. The number of hydrogen-bond donors (Lipinski definition) is 2. The first-order valence-corrected chi connectivity index (χ1v) is 7.56. The molecule has 0 bridgehead atoms. The van der Waals surface area contributed by atoms with E-state index >= 15 is 0 Å². The number of imide groups is 1. The van der Waals surface area contributed by atoms with Crippen LogP contribution in [0.25, 0.3) is 0 Å². The highest BCUT2D eigenvalue weighted by atomic mass is 35.5. The topological polar surface area (TPSA) is 86.7 Å². The molecule has 122 valence electrons. The summed E-state index contributed by atoms with van der Waals surface area (Å²) in [6.45, 7) is 0. The number of rotatable bonds is 4. The van der Waals surface area contributed by atoms with E-state index in [4.69, 9.17) is 16.7 Å². The van der Waals surface area contributed by atoms with E-state index in [9.17, 15) is 14.4 Å². The lowest BCUT2D eigenvalue weighted by Crippen LogP contribution is -2.34. The van der Waals surface area contributed by atoms with Crippen LogP contribution in [-0.4, -0.2) is 28.9 Å². The molecule has 2 aromatic carbocycles. The van der Waals surface area contributed by atoms with Crippen molar-refractivity contribution in [2.75, 3.05) is 10.2 Å². The summed E-state index contributed by atoms with van der Waals surface area (Å²) >= 11 is 5.82. The van der Waals surface area contributed by atoms with Crippen molar-refractivity contribution in [3.63, 3.8) is 0 Å². The number of carboxylic acid groups (broad SMARTS) is 1. The Bertz CT molecular complexity index is 820. The van der Waals surface area contributed by atoms with Gasteiger partial charge in [0.25, 0.3) is 5.91 Å². The molecule has 1 aliphatic heterocycles. The molecule has 1 heterocycles. The number of nitrogens with one attached hydrogen (secondary N) is 1. The Morgan fingerprint density at radius 2 is 1.88 bits per heavy atom. The molecule has 1 atom stereocenters. The third-order valence-electron chi connectivity index (χ3n) is 3.68. The van der Waals surface area contributed by atoms with Gasteiger partial charge in [0.2, 0.25) is 5.91 Å². The predicted molar refractivity (Wildman–Crippen MR) is 89.4 cm³/mol. The predicted octanol–water partition coefficient (Wildman–Crippen LogP) is 2.78. The van der Waals surface area contributed by atoms with E-state index in [1.54, 1.807) is 24.3 Å². The van der Waals surface area contributed by atoms with Gasteiger partial charge in [0.05, 0.1) is 17.7 Å². The summed E-state index contributed by atoms with van der Waals surface area (Å²) < 4.78 is 0. The van der Waals surface area contributed by atoms with Gasteiger partial charge in [-0.3, -0.25) is 9.59 Å². The Hall–Kier alpha value is -2.86. The second kappa shape index (κ2) is 6.33. The van der Waals surface area contributed by atoms with Crippen LogP contribution in [-0.2, 0) is 9.59 Å². The quantitative estimate of drug-likeness (QED) is 0.833. The smallest absolute Gasteiger partial charge is 0.335 e. The Kier molecular flexibility index (Phi) is 4.22. The van der Waals surface area contributed by atoms with Crippen molar-refractivity contribution < 1.29 is 19.5 Å². The van der Waals surface area contributed by atoms with Crippen molar-refractivity contribution in [1.29, 1.82) is 0 Å². The van der Waals surface area contributed by atoms with Gasteiger partial charge < -0.3 is 10.4 Å². The van der Waals surface area contributed by atoms with E-state index in [0.29, 0.717) is 10.7 Å². The van der Waals surface area contributed by atoms with Gasteiger partial charge in [-0.25, -0.2) is 9.69 Å². The average molecular weight is 345 g/mol. The second-order valence-corrected chi connectivity index (χ2v) is 5.77. The molecule has 0 spiro atoms. The molecular formula is C17H13ClN2O4. The zero-order chi connectivity index (χ0) is 17.3. The number of aromatic carboxylic acids is 1. The zero-order valence-electron chi connectivity index (χ0n) is 12.4. The van der Waals surface area contributed by atoms with E-state index < -0.39 is 17.9 Å². The Morgan fingerprint density at radius 1 is 1.17 bits per heavy atom. The first-order valence-electron chi connectivity index (χ1n) is 7.18. The van der Waals surface area contributed by atoms with Crippen LogP contribution < -0.4 is 10.2 Å². The minimum atomic E-state index is -1.12. The molecule has 0 saturated carbocycles. The van der Waals surface area contributed by atoms with E-state index in [1.807, 2.05) is 0 Å². The van der Waals surface area contributed by atoms with Crippen LogP contribution in [0.15, 0.2) is 48.5 Å². The van der Waals surface area contributed by atoms with Gasteiger partial charge in [-0.1, -0.05) is 17.7 Å². The van der Waals surface area contributed by atoms with E-state index in [2.05, 4.69) is 5.32 Å². The van der Waals surface area contributed by atoms with Crippen LogP contribution in [0.3, 0.4) is 0 Å². The third kappa shape index (κ3) is 3.09. The summed E-state index contributed by atoms with van der Waals surface area (Å²) in [5.41, 5.74) is 0.944. The molecule has 0 radical (unpaired) electrons. The minimum absolute atomic E-state index is 0.00123. The van der Waals surface area contributed by atoms with E-state index in [0.717, 1.165) is 4.90 Å². The van der Waals surface area contributed by atoms with Crippen molar-refractivity contribution in [1.82, 2.24) is 0 Å². The fraction of sp³-hybridized carbons (Fsp3) is 0.118. The number of carbonyl (C=O) groups is 3. The summed E-state index contributed by atoms with van der Waals surface area (Å²) in [5, 5.41) is 12.6. The SMILES string of the molecule is O=C(O)c1cccc(N2C(=O)C[C@H](Nc3ccc(Cl)cc3)C2=O)c1. The normalized spacial score (nSPS) is 17.2. The molecule has 1 saturated heterocycles. The van der Waals surface area contributed by atoms with Crippen LogP contribution in [0.1, 0.15) is 16.8 Å². The van der Waals surface area contributed by atoms with Crippen molar-refractivity contribution in [3.8, 4) is 0 Å². The third-order valence-corrected chi connectivity index (χ3v) is 3.94. The van der Waals surface area contributed by atoms with Gasteiger partial charge in [0, 0.05) is 10.7 Å². The standard InChI is InChI=1S/C17H13ClN2O4/c18-11-4-6-12(7-5-11)19-14-9-15(21)20(16(14)22)13-3-1-2-10(8-13)17(23)24/h1-8,14,19H,9H2,(H,23,24)/t14-/m0/s1. The molecule has 0 aromatic heterocycles. The summed E-state index contributed by atoms with van der Waals surface area (Å²) in [5.74, 6) is -1.92. The first-order chi connectivity index (χ1) is 11.5. The number of halogens is 1. The highest BCUT2D eigenvalue weighted by molar-refractivity contribution is 6.30. The van der Waals surface area contributed by atoms with Crippen molar-refractivity contribution in [2.24, 2.45) is 0 Å². The Balaban J connectivity index is 1.82. The summed E-state index contributed by atoms with van der Waals surface area (Å²) in [7, 11) is 0. The monoisotopic (exact) mass is 344 g/mol. The lowest BCUT2D eigenvalue weighted by molar-refractivity contribution is -0.121. The summed E-state index contributed by atoms with van der Waals surface area (Å²) in [6.07, 6.45) is -0.00123. The lowest BCUT2D eigenvalue weighted by atomic mass is 10.2. The van der Waals surface area contributed by atoms with Gasteiger partial charge in [-0.15, -0.1) is 0 Å². The molecule has 2 amide bonds. The molecule has 2 N–H and O–H groups in total. The molecule has 1 fully saturated rings.